The number of amides is 2. The number of carbonyl (C=O) groups is 2. The number of hydrogen-bond donors (Lipinski definition) is 1. The third-order valence-corrected chi connectivity index (χ3v) is 3.62. The van der Waals surface area contributed by atoms with E-state index in [1.54, 1.807) is 36.8 Å². The van der Waals surface area contributed by atoms with Gasteiger partial charge in [-0.2, -0.15) is 0 Å². The van der Waals surface area contributed by atoms with E-state index in [9.17, 15) is 9.59 Å². The fourth-order valence-electron chi connectivity index (χ4n) is 2.32. The van der Waals surface area contributed by atoms with Gasteiger partial charge in [0.1, 0.15) is 6.61 Å². The van der Waals surface area contributed by atoms with Crippen molar-refractivity contribution in [3.63, 3.8) is 0 Å². The van der Waals surface area contributed by atoms with Crippen molar-refractivity contribution in [1.82, 2.24) is 9.55 Å². The van der Waals surface area contributed by atoms with Crippen LogP contribution in [0.3, 0.4) is 0 Å². The van der Waals surface area contributed by atoms with Gasteiger partial charge in [0.15, 0.2) is 5.82 Å². The summed E-state index contributed by atoms with van der Waals surface area (Å²) in [7, 11) is 0. The molecule has 1 aromatic carbocycles. The zero-order valence-corrected chi connectivity index (χ0v) is 13.0. The average molecular weight is 314 g/mol. The molecule has 1 aliphatic rings. The van der Waals surface area contributed by atoms with E-state index in [1.807, 2.05) is 18.4 Å². The first-order valence-corrected chi connectivity index (χ1v) is 7.44. The highest BCUT2D eigenvalue weighted by Gasteiger charge is 2.24. The molecule has 7 nitrogen and oxygen atoms in total. The molecule has 0 saturated carbocycles. The number of ether oxygens (including phenoxy) is 1. The quantitative estimate of drug-likeness (QED) is 0.941. The summed E-state index contributed by atoms with van der Waals surface area (Å²) in [4.78, 5) is 29.6. The van der Waals surface area contributed by atoms with Crippen LogP contribution in [0.4, 0.5) is 16.3 Å². The SMILES string of the molecule is CC(C)n1cnc(NC(=O)c2cccc(N3CCOC3=O)c2)c1. The van der Waals surface area contributed by atoms with Crippen LogP contribution in [0.2, 0.25) is 0 Å². The molecule has 0 bridgehead atoms. The van der Waals surface area contributed by atoms with Crippen molar-refractivity contribution in [3.05, 3.63) is 42.4 Å². The van der Waals surface area contributed by atoms with E-state index in [0.717, 1.165) is 0 Å². The number of imidazole rings is 1. The number of anilines is 2. The predicted molar refractivity (Wildman–Crippen MR) is 85.7 cm³/mol. The van der Waals surface area contributed by atoms with Gasteiger partial charge in [0.05, 0.1) is 12.9 Å². The Kier molecular flexibility index (Phi) is 4.01. The number of hydrogen-bond acceptors (Lipinski definition) is 4. The van der Waals surface area contributed by atoms with Gasteiger partial charge in [0.25, 0.3) is 5.91 Å². The number of benzene rings is 1. The molecule has 1 aliphatic heterocycles. The molecule has 7 heteroatoms. The van der Waals surface area contributed by atoms with Gasteiger partial charge in [0.2, 0.25) is 0 Å². The molecule has 2 aromatic rings. The molecule has 2 heterocycles. The van der Waals surface area contributed by atoms with Gasteiger partial charge in [-0.05, 0) is 32.0 Å². The first-order chi connectivity index (χ1) is 11.0. The first kappa shape index (κ1) is 15.1. The summed E-state index contributed by atoms with van der Waals surface area (Å²) in [6, 6.07) is 7.15. The first-order valence-electron chi connectivity index (χ1n) is 7.44. The second kappa shape index (κ2) is 6.12. The summed E-state index contributed by atoms with van der Waals surface area (Å²) in [5, 5.41) is 2.76. The Hall–Kier alpha value is -2.83. The van der Waals surface area contributed by atoms with E-state index in [1.165, 1.54) is 4.90 Å². The lowest BCUT2D eigenvalue weighted by atomic mass is 10.2. The topological polar surface area (TPSA) is 76.5 Å². The Balaban J connectivity index is 1.75. The van der Waals surface area contributed by atoms with Crippen molar-refractivity contribution < 1.29 is 14.3 Å². The highest BCUT2D eigenvalue weighted by Crippen LogP contribution is 2.20. The van der Waals surface area contributed by atoms with E-state index < -0.39 is 6.09 Å². The summed E-state index contributed by atoms with van der Waals surface area (Å²) >= 11 is 0. The molecule has 3 rings (SSSR count). The largest absolute Gasteiger partial charge is 0.447 e. The summed E-state index contributed by atoms with van der Waals surface area (Å²) in [6.07, 6.45) is 3.07. The zero-order valence-electron chi connectivity index (χ0n) is 13.0. The lowest BCUT2D eigenvalue weighted by Crippen LogP contribution is -2.23. The normalized spacial score (nSPS) is 14.2. The van der Waals surface area contributed by atoms with Gasteiger partial charge in [-0.3, -0.25) is 9.69 Å². The molecule has 0 unspecified atom stereocenters. The summed E-state index contributed by atoms with van der Waals surface area (Å²) in [6.45, 7) is 4.92. The third kappa shape index (κ3) is 3.18. The number of nitrogens with zero attached hydrogens (tertiary/aromatic N) is 3. The minimum atomic E-state index is -0.391. The fraction of sp³-hybridized carbons (Fsp3) is 0.312. The molecule has 1 aromatic heterocycles. The summed E-state index contributed by atoms with van der Waals surface area (Å²) < 4.78 is 6.82. The smallest absolute Gasteiger partial charge is 0.414 e. The van der Waals surface area contributed by atoms with Gasteiger partial charge in [-0.25, -0.2) is 9.78 Å². The van der Waals surface area contributed by atoms with E-state index >= 15 is 0 Å². The molecule has 1 saturated heterocycles. The lowest BCUT2D eigenvalue weighted by Gasteiger charge is -2.13. The van der Waals surface area contributed by atoms with Crippen LogP contribution in [-0.2, 0) is 4.74 Å². The van der Waals surface area contributed by atoms with Crippen LogP contribution in [0.15, 0.2) is 36.8 Å². The number of carbonyl (C=O) groups excluding carboxylic acids is 2. The van der Waals surface area contributed by atoms with E-state index in [0.29, 0.717) is 30.2 Å². The molecule has 23 heavy (non-hydrogen) atoms. The predicted octanol–water partition coefficient (Wildman–Crippen LogP) is 2.67. The van der Waals surface area contributed by atoms with E-state index in [-0.39, 0.29) is 11.9 Å². The molecule has 0 aliphatic carbocycles. The molecule has 120 valence electrons. The molecule has 2 amide bonds. The molecule has 1 N–H and O–H groups in total. The second-order valence-corrected chi connectivity index (χ2v) is 5.57. The molecular weight excluding hydrogens is 296 g/mol. The Morgan fingerprint density at radius 3 is 2.87 bits per heavy atom. The van der Waals surface area contributed by atoms with Crippen LogP contribution < -0.4 is 10.2 Å². The van der Waals surface area contributed by atoms with Gasteiger partial charge >= 0.3 is 6.09 Å². The van der Waals surface area contributed by atoms with E-state index in [2.05, 4.69) is 10.3 Å². The number of nitrogens with one attached hydrogen (secondary N) is 1. The maximum Gasteiger partial charge on any atom is 0.414 e. The van der Waals surface area contributed by atoms with Crippen molar-refractivity contribution in [3.8, 4) is 0 Å². The van der Waals surface area contributed by atoms with Crippen LogP contribution >= 0.6 is 0 Å². The van der Waals surface area contributed by atoms with Crippen LogP contribution in [0.5, 0.6) is 0 Å². The standard InChI is InChI=1S/C16H18N4O3/c1-11(2)19-9-14(17-10-19)18-15(21)12-4-3-5-13(8-12)20-6-7-23-16(20)22/h3-5,8-11H,6-7H2,1-2H3,(H,18,21). The Morgan fingerprint density at radius 2 is 2.22 bits per heavy atom. The summed E-state index contributed by atoms with van der Waals surface area (Å²) in [5.74, 6) is 0.225. The number of rotatable bonds is 4. The van der Waals surface area contributed by atoms with Crippen molar-refractivity contribution in [2.75, 3.05) is 23.4 Å². The minimum Gasteiger partial charge on any atom is -0.447 e. The van der Waals surface area contributed by atoms with Gasteiger partial charge < -0.3 is 14.6 Å². The Labute approximate surface area is 133 Å². The maximum absolute atomic E-state index is 12.3. The van der Waals surface area contributed by atoms with Crippen molar-refractivity contribution in [2.24, 2.45) is 0 Å². The van der Waals surface area contributed by atoms with Crippen LogP contribution in [0.25, 0.3) is 0 Å². The van der Waals surface area contributed by atoms with Crippen molar-refractivity contribution >= 4 is 23.5 Å². The minimum absolute atomic E-state index is 0.270. The Morgan fingerprint density at radius 1 is 1.39 bits per heavy atom. The molecule has 0 radical (unpaired) electrons. The zero-order chi connectivity index (χ0) is 16.4. The van der Waals surface area contributed by atoms with Crippen LogP contribution in [-0.4, -0.2) is 34.7 Å². The van der Waals surface area contributed by atoms with Gasteiger partial charge in [0, 0.05) is 23.5 Å². The fourth-order valence-corrected chi connectivity index (χ4v) is 2.32. The number of cyclic esters (lactones) is 1. The van der Waals surface area contributed by atoms with Crippen molar-refractivity contribution in [2.45, 2.75) is 19.9 Å². The van der Waals surface area contributed by atoms with Gasteiger partial charge in [-0.15, -0.1) is 0 Å². The van der Waals surface area contributed by atoms with Gasteiger partial charge in [-0.1, -0.05) is 6.07 Å². The lowest BCUT2D eigenvalue weighted by molar-refractivity contribution is 0.102. The number of aromatic nitrogens is 2. The molecule has 0 atom stereocenters. The van der Waals surface area contributed by atoms with Crippen molar-refractivity contribution in [1.29, 1.82) is 0 Å². The highest BCUT2D eigenvalue weighted by atomic mass is 16.6. The van der Waals surface area contributed by atoms with Crippen LogP contribution in [0, 0.1) is 0 Å². The average Bonchev–Trinajstić information content (AvgIpc) is 3.16. The van der Waals surface area contributed by atoms with Crippen LogP contribution in [0.1, 0.15) is 30.2 Å². The monoisotopic (exact) mass is 314 g/mol. The molecule has 1 fully saturated rings. The Bertz CT molecular complexity index is 738. The molecular formula is C16H18N4O3. The summed E-state index contributed by atoms with van der Waals surface area (Å²) in [5.41, 5.74) is 1.11. The highest BCUT2D eigenvalue weighted by molar-refractivity contribution is 6.04. The maximum atomic E-state index is 12.3. The second-order valence-electron chi connectivity index (χ2n) is 5.57. The third-order valence-electron chi connectivity index (χ3n) is 3.62. The molecule has 0 spiro atoms. The van der Waals surface area contributed by atoms with E-state index in [4.69, 9.17) is 4.74 Å².